The van der Waals surface area contributed by atoms with E-state index < -0.39 is 0 Å². The standard InChI is InChI=1S/C2H6N.CH3.Rb/c1-3-2;;/h1-2H3;1H3;/q2*-1;+1. The predicted molar refractivity (Wildman–Crippen MR) is 21.6 cm³/mol. The second-order valence-electron chi connectivity index (χ2n) is 0.447. The van der Waals surface area contributed by atoms with Crippen molar-refractivity contribution in [1.82, 2.24) is 0 Å². The SMILES string of the molecule is C[N-]C.[CH3-].[Rb+]. The molecule has 0 atom stereocenters. The molecule has 0 fully saturated rings. The van der Waals surface area contributed by atoms with Crippen LogP contribution >= 0.6 is 0 Å². The van der Waals surface area contributed by atoms with Crippen molar-refractivity contribution < 1.29 is 58.2 Å². The van der Waals surface area contributed by atoms with E-state index in [1.54, 1.807) is 14.1 Å². The van der Waals surface area contributed by atoms with E-state index in [1.165, 1.54) is 0 Å². The number of hydrogen-bond donors (Lipinski definition) is 0. The summed E-state index contributed by atoms with van der Waals surface area (Å²) in [4.78, 5) is 0. The molecule has 5 heavy (non-hydrogen) atoms. The van der Waals surface area contributed by atoms with E-state index in [0.717, 1.165) is 0 Å². The molecule has 0 aliphatic rings. The van der Waals surface area contributed by atoms with Crippen LogP contribution in [0.25, 0.3) is 5.32 Å². The van der Waals surface area contributed by atoms with Gasteiger partial charge in [0.2, 0.25) is 0 Å². The molecule has 0 aliphatic heterocycles. The molecule has 0 rings (SSSR count). The second-order valence-corrected chi connectivity index (χ2v) is 0.447. The molecule has 0 aromatic carbocycles. The van der Waals surface area contributed by atoms with Gasteiger partial charge in [-0.05, 0) is 0 Å². The smallest absolute Gasteiger partial charge is 0.668 e. The summed E-state index contributed by atoms with van der Waals surface area (Å²) in [7, 11) is 3.50. The fourth-order valence-electron chi connectivity index (χ4n) is 0. The van der Waals surface area contributed by atoms with Gasteiger partial charge in [0.25, 0.3) is 0 Å². The van der Waals surface area contributed by atoms with Crippen LogP contribution in [-0.2, 0) is 0 Å². The first-order valence-corrected chi connectivity index (χ1v) is 0.894. The molecule has 0 amide bonds. The molecule has 0 N–H and O–H groups in total. The van der Waals surface area contributed by atoms with Gasteiger partial charge in [-0.25, -0.2) is 0 Å². The summed E-state index contributed by atoms with van der Waals surface area (Å²) in [5, 5.41) is 3.50. The van der Waals surface area contributed by atoms with Gasteiger partial charge < -0.3 is 12.7 Å². The summed E-state index contributed by atoms with van der Waals surface area (Å²) in [6, 6.07) is 0. The van der Waals surface area contributed by atoms with Crippen molar-refractivity contribution in [2.45, 2.75) is 0 Å². The Balaban J connectivity index is -0.0000000200. The Labute approximate surface area is 83.3 Å². The minimum atomic E-state index is 0. The molecule has 0 saturated carbocycles. The molecule has 1 nitrogen and oxygen atoms in total. The maximum atomic E-state index is 3.50. The third kappa shape index (κ3) is 26.2. The van der Waals surface area contributed by atoms with Crippen LogP contribution in [0.4, 0.5) is 0 Å². The Kier molecular flexibility index (Phi) is 54.3. The average molecular weight is 145 g/mol. The van der Waals surface area contributed by atoms with E-state index in [2.05, 4.69) is 5.32 Å². The van der Waals surface area contributed by atoms with Crippen LogP contribution in [0.15, 0.2) is 0 Å². The summed E-state index contributed by atoms with van der Waals surface area (Å²) in [5.41, 5.74) is 0. The first kappa shape index (κ1) is 15.9. The van der Waals surface area contributed by atoms with Crippen molar-refractivity contribution in [1.29, 1.82) is 0 Å². The largest absolute Gasteiger partial charge is 1.00 e. The van der Waals surface area contributed by atoms with Gasteiger partial charge in [-0.15, -0.1) is 0 Å². The molecule has 0 bridgehead atoms. The summed E-state index contributed by atoms with van der Waals surface area (Å²) in [6.45, 7) is 0. The molecule has 0 heterocycles. The van der Waals surface area contributed by atoms with Crippen LogP contribution in [0, 0.1) is 7.43 Å². The normalized spacial score (nSPS) is 3.60. The van der Waals surface area contributed by atoms with Gasteiger partial charge in [-0.2, -0.15) is 14.1 Å². The first-order valence-electron chi connectivity index (χ1n) is 0.894. The monoisotopic (exact) mass is 144 g/mol. The maximum absolute atomic E-state index is 3.50. The van der Waals surface area contributed by atoms with Gasteiger partial charge in [0.1, 0.15) is 0 Å². The molecular formula is C3H9NRb-. The fraction of sp³-hybridized carbons (Fsp3) is 0.667. The topological polar surface area (TPSA) is 14.1 Å². The van der Waals surface area contributed by atoms with Gasteiger partial charge in [0, 0.05) is 0 Å². The molecule has 0 aliphatic carbocycles. The molecule has 28 valence electrons. The first-order chi connectivity index (χ1) is 1.41. The number of hydrogen-bond acceptors (Lipinski definition) is 0. The molecule has 0 unspecified atom stereocenters. The van der Waals surface area contributed by atoms with Crippen LogP contribution < -0.4 is 58.2 Å². The van der Waals surface area contributed by atoms with E-state index in [9.17, 15) is 0 Å². The Hall–Kier alpha value is 1.77. The zero-order chi connectivity index (χ0) is 2.71. The minimum absolute atomic E-state index is 0. The van der Waals surface area contributed by atoms with Crippen LogP contribution in [0.1, 0.15) is 0 Å². The minimum Gasteiger partial charge on any atom is -0.668 e. The summed E-state index contributed by atoms with van der Waals surface area (Å²) in [6.07, 6.45) is 0. The average Bonchev–Trinajstić information content (AvgIpc) is 0.918. The Morgan fingerprint density at radius 1 is 1.20 bits per heavy atom. The Morgan fingerprint density at radius 3 is 1.20 bits per heavy atom. The molecule has 0 aromatic rings. The van der Waals surface area contributed by atoms with E-state index in [-0.39, 0.29) is 65.6 Å². The van der Waals surface area contributed by atoms with Gasteiger partial charge in [0.05, 0.1) is 0 Å². The van der Waals surface area contributed by atoms with Crippen LogP contribution in [0.3, 0.4) is 0 Å². The Morgan fingerprint density at radius 2 is 1.20 bits per heavy atom. The van der Waals surface area contributed by atoms with Crippen molar-refractivity contribution in [2.24, 2.45) is 0 Å². The molecule has 0 aromatic heterocycles. The summed E-state index contributed by atoms with van der Waals surface area (Å²) < 4.78 is 0. The Bertz CT molecular complexity index is 6.85. The van der Waals surface area contributed by atoms with Crippen molar-refractivity contribution in [3.8, 4) is 0 Å². The fourth-order valence-corrected chi connectivity index (χ4v) is 0. The third-order valence-corrected chi connectivity index (χ3v) is 0. The van der Waals surface area contributed by atoms with Crippen LogP contribution in [0.5, 0.6) is 0 Å². The summed E-state index contributed by atoms with van der Waals surface area (Å²) >= 11 is 0. The quantitative estimate of drug-likeness (QED) is 0.352. The molecule has 0 spiro atoms. The molecule has 0 saturated heterocycles. The van der Waals surface area contributed by atoms with Gasteiger partial charge in [-0.3, -0.25) is 0 Å². The van der Waals surface area contributed by atoms with Crippen molar-refractivity contribution in [3.63, 3.8) is 0 Å². The van der Waals surface area contributed by atoms with Gasteiger partial charge in [-0.1, -0.05) is 0 Å². The van der Waals surface area contributed by atoms with Gasteiger partial charge in [0.15, 0.2) is 0 Å². The molecule has 2 heteroatoms. The second kappa shape index (κ2) is 17.1. The van der Waals surface area contributed by atoms with Crippen molar-refractivity contribution in [3.05, 3.63) is 12.7 Å². The molecular weight excluding hydrogens is 136 g/mol. The molecule has 0 radical (unpaired) electrons. The zero-order valence-corrected chi connectivity index (χ0v) is 9.36. The van der Waals surface area contributed by atoms with Crippen LogP contribution in [-0.4, -0.2) is 14.1 Å². The zero-order valence-electron chi connectivity index (χ0n) is 4.45. The number of nitrogens with zero attached hydrogens (tertiary/aromatic N) is 1. The van der Waals surface area contributed by atoms with E-state index in [1.807, 2.05) is 0 Å². The number of rotatable bonds is 0. The van der Waals surface area contributed by atoms with Gasteiger partial charge >= 0.3 is 58.2 Å². The van der Waals surface area contributed by atoms with Crippen molar-refractivity contribution in [2.75, 3.05) is 14.1 Å². The predicted octanol–water partition coefficient (Wildman–Crippen LogP) is -1.93. The summed E-state index contributed by atoms with van der Waals surface area (Å²) in [5.74, 6) is 0. The third-order valence-electron chi connectivity index (χ3n) is 0. The van der Waals surface area contributed by atoms with Crippen molar-refractivity contribution >= 4 is 0 Å². The maximum Gasteiger partial charge on any atom is 1.00 e. The van der Waals surface area contributed by atoms with E-state index >= 15 is 0 Å². The van der Waals surface area contributed by atoms with E-state index in [0.29, 0.717) is 0 Å². The van der Waals surface area contributed by atoms with Crippen LogP contribution in [0.2, 0.25) is 0 Å². The van der Waals surface area contributed by atoms with E-state index in [4.69, 9.17) is 0 Å².